The molecule has 7 nitrogen and oxygen atoms in total. The number of aromatic nitrogens is 2. The molecule has 0 atom stereocenters. The zero-order valence-electron chi connectivity index (χ0n) is 16.2. The standard InChI is InChI=1S/C22H19N3O4/c1-14-4-8-16(9-5-14)20(26)25(21(27)17-10-6-15(2)7-11-17)19-18(22(28)29-3)23-12-13-24-19/h4-13H,1-3H3. The first-order valence-electron chi connectivity index (χ1n) is 8.84. The SMILES string of the molecule is COC(=O)c1nccnc1N(C(=O)c1ccc(C)cc1)C(=O)c1ccc(C)cc1. The van der Waals surface area contributed by atoms with Crippen molar-refractivity contribution in [3.05, 3.63) is 88.9 Å². The molecular formula is C22H19N3O4. The lowest BCUT2D eigenvalue weighted by molar-refractivity contribution is 0.0594. The van der Waals surface area contributed by atoms with Crippen molar-refractivity contribution in [2.45, 2.75) is 13.8 Å². The third-order valence-electron chi connectivity index (χ3n) is 4.27. The van der Waals surface area contributed by atoms with Crippen molar-refractivity contribution in [1.29, 1.82) is 0 Å². The van der Waals surface area contributed by atoms with Gasteiger partial charge in [-0.1, -0.05) is 35.4 Å². The van der Waals surface area contributed by atoms with E-state index in [-0.39, 0.29) is 22.6 Å². The van der Waals surface area contributed by atoms with E-state index < -0.39 is 17.8 Å². The van der Waals surface area contributed by atoms with Crippen molar-refractivity contribution < 1.29 is 19.1 Å². The molecule has 2 amide bonds. The van der Waals surface area contributed by atoms with E-state index in [1.165, 1.54) is 19.5 Å². The molecule has 3 rings (SSSR count). The first kappa shape index (κ1) is 19.9. The van der Waals surface area contributed by atoms with E-state index in [0.717, 1.165) is 16.0 Å². The van der Waals surface area contributed by atoms with E-state index in [1.807, 2.05) is 13.8 Å². The number of amides is 2. The lowest BCUT2D eigenvalue weighted by Crippen LogP contribution is -2.39. The maximum Gasteiger partial charge on any atom is 0.360 e. The Balaban J connectivity index is 2.15. The minimum Gasteiger partial charge on any atom is -0.464 e. The molecule has 0 unspecified atom stereocenters. The van der Waals surface area contributed by atoms with Gasteiger partial charge in [-0.15, -0.1) is 0 Å². The summed E-state index contributed by atoms with van der Waals surface area (Å²) in [5.74, 6) is -2.23. The Hall–Kier alpha value is -3.87. The van der Waals surface area contributed by atoms with Gasteiger partial charge in [0.05, 0.1) is 7.11 Å². The number of aryl methyl sites for hydroxylation is 2. The number of esters is 1. The summed E-state index contributed by atoms with van der Waals surface area (Å²) in [6.45, 7) is 3.78. The molecule has 0 N–H and O–H groups in total. The predicted octanol–water partition coefficient (Wildman–Crippen LogP) is 3.37. The van der Waals surface area contributed by atoms with Crippen molar-refractivity contribution in [2.24, 2.45) is 0 Å². The number of methoxy groups -OCH3 is 1. The molecule has 1 aromatic heterocycles. The number of anilines is 1. The molecule has 0 fully saturated rings. The van der Waals surface area contributed by atoms with Crippen molar-refractivity contribution in [1.82, 2.24) is 9.97 Å². The highest BCUT2D eigenvalue weighted by Crippen LogP contribution is 2.22. The number of carbonyl (C=O) groups is 3. The smallest absolute Gasteiger partial charge is 0.360 e. The molecule has 146 valence electrons. The average molecular weight is 389 g/mol. The van der Waals surface area contributed by atoms with Crippen LogP contribution in [-0.4, -0.2) is 34.9 Å². The van der Waals surface area contributed by atoms with Crippen LogP contribution in [0.5, 0.6) is 0 Å². The van der Waals surface area contributed by atoms with E-state index in [4.69, 9.17) is 4.74 Å². The number of rotatable bonds is 4. The summed E-state index contributed by atoms with van der Waals surface area (Å²) in [6, 6.07) is 13.5. The largest absolute Gasteiger partial charge is 0.464 e. The Bertz CT molecular complexity index is 1000. The van der Waals surface area contributed by atoms with Crippen LogP contribution in [0.25, 0.3) is 0 Å². The highest BCUT2D eigenvalue weighted by Gasteiger charge is 2.31. The maximum absolute atomic E-state index is 13.3. The van der Waals surface area contributed by atoms with Gasteiger partial charge in [-0.3, -0.25) is 9.59 Å². The molecule has 0 saturated heterocycles. The molecule has 0 saturated carbocycles. The van der Waals surface area contributed by atoms with E-state index in [9.17, 15) is 14.4 Å². The number of benzene rings is 2. The highest BCUT2D eigenvalue weighted by atomic mass is 16.5. The molecular weight excluding hydrogens is 370 g/mol. The quantitative estimate of drug-likeness (QED) is 0.502. The van der Waals surface area contributed by atoms with Gasteiger partial charge in [0.15, 0.2) is 11.5 Å². The van der Waals surface area contributed by atoms with Crippen LogP contribution in [0.2, 0.25) is 0 Å². The minimum absolute atomic E-state index is 0.185. The number of ether oxygens (including phenoxy) is 1. The number of imide groups is 1. The van der Waals surface area contributed by atoms with Gasteiger partial charge in [0.2, 0.25) is 0 Å². The van der Waals surface area contributed by atoms with Crippen LogP contribution in [0.3, 0.4) is 0 Å². The topological polar surface area (TPSA) is 89.5 Å². The zero-order chi connectivity index (χ0) is 21.0. The second kappa shape index (κ2) is 8.43. The predicted molar refractivity (Wildman–Crippen MR) is 107 cm³/mol. The van der Waals surface area contributed by atoms with Crippen LogP contribution in [0.15, 0.2) is 60.9 Å². The fraction of sp³-hybridized carbons (Fsp3) is 0.136. The molecule has 0 aliphatic carbocycles. The van der Waals surface area contributed by atoms with E-state index in [1.54, 1.807) is 48.5 Å². The summed E-state index contributed by atoms with van der Waals surface area (Å²) in [5, 5.41) is 0. The summed E-state index contributed by atoms with van der Waals surface area (Å²) in [7, 11) is 1.19. The molecule has 0 bridgehead atoms. The van der Waals surface area contributed by atoms with E-state index in [2.05, 4.69) is 9.97 Å². The summed E-state index contributed by atoms with van der Waals surface area (Å²) < 4.78 is 4.74. The van der Waals surface area contributed by atoms with Crippen molar-refractivity contribution in [2.75, 3.05) is 12.0 Å². The first-order chi connectivity index (χ1) is 13.9. The van der Waals surface area contributed by atoms with Crippen molar-refractivity contribution >= 4 is 23.6 Å². The normalized spacial score (nSPS) is 10.3. The second-order valence-electron chi connectivity index (χ2n) is 6.40. The number of nitrogens with zero attached hydrogens (tertiary/aromatic N) is 3. The van der Waals surface area contributed by atoms with Gasteiger partial charge in [-0.2, -0.15) is 0 Å². The van der Waals surface area contributed by atoms with Gasteiger partial charge in [-0.05, 0) is 38.1 Å². The van der Waals surface area contributed by atoms with Gasteiger partial charge in [0, 0.05) is 23.5 Å². The number of hydrogen-bond acceptors (Lipinski definition) is 6. The Labute approximate surface area is 168 Å². The van der Waals surface area contributed by atoms with Crippen LogP contribution in [-0.2, 0) is 4.74 Å². The fourth-order valence-electron chi connectivity index (χ4n) is 2.67. The Kier molecular flexibility index (Phi) is 5.78. The lowest BCUT2D eigenvalue weighted by atomic mass is 10.1. The molecule has 1 heterocycles. The van der Waals surface area contributed by atoms with Gasteiger partial charge in [0.25, 0.3) is 11.8 Å². The molecule has 0 spiro atoms. The Morgan fingerprint density at radius 3 is 1.66 bits per heavy atom. The number of carbonyl (C=O) groups excluding carboxylic acids is 3. The molecule has 2 aromatic carbocycles. The maximum atomic E-state index is 13.3. The molecule has 3 aromatic rings. The second-order valence-corrected chi connectivity index (χ2v) is 6.40. The Morgan fingerprint density at radius 1 is 0.759 bits per heavy atom. The molecule has 29 heavy (non-hydrogen) atoms. The number of hydrogen-bond donors (Lipinski definition) is 0. The van der Waals surface area contributed by atoms with Gasteiger partial charge in [0.1, 0.15) is 0 Å². The third-order valence-corrected chi connectivity index (χ3v) is 4.27. The van der Waals surface area contributed by atoms with E-state index in [0.29, 0.717) is 0 Å². The zero-order valence-corrected chi connectivity index (χ0v) is 16.2. The fourth-order valence-corrected chi connectivity index (χ4v) is 2.67. The van der Waals surface area contributed by atoms with E-state index >= 15 is 0 Å². The van der Waals surface area contributed by atoms with Crippen LogP contribution < -0.4 is 4.90 Å². The average Bonchev–Trinajstić information content (AvgIpc) is 2.74. The van der Waals surface area contributed by atoms with Crippen LogP contribution >= 0.6 is 0 Å². The van der Waals surface area contributed by atoms with Crippen LogP contribution in [0.1, 0.15) is 42.3 Å². The van der Waals surface area contributed by atoms with Crippen LogP contribution in [0.4, 0.5) is 5.82 Å². The minimum atomic E-state index is -0.800. The van der Waals surface area contributed by atoms with Gasteiger partial charge >= 0.3 is 5.97 Å². The van der Waals surface area contributed by atoms with Crippen molar-refractivity contribution in [3.63, 3.8) is 0 Å². The first-order valence-corrected chi connectivity index (χ1v) is 8.84. The molecule has 0 aliphatic rings. The summed E-state index contributed by atoms with van der Waals surface area (Å²) in [6.07, 6.45) is 2.60. The summed E-state index contributed by atoms with van der Waals surface area (Å²) in [4.78, 5) is 47.7. The summed E-state index contributed by atoms with van der Waals surface area (Å²) >= 11 is 0. The highest BCUT2D eigenvalue weighted by molar-refractivity contribution is 6.26. The van der Waals surface area contributed by atoms with Crippen molar-refractivity contribution in [3.8, 4) is 0 Å². The molecule has 0 radical (unpaired) electrons. The molecule has 7 heteroatoms. The van der Waals surface area contributed by atoms with Gasteiger partial charge < -0.3 is 4.74 Å². The van der Waals surface area contributed by atoms with Gasteiger partial charge in [-0.25, -0.2) is 19.7 Å². The monoisotopic (exact) mass is 389 g/mol. The van der Waals surface area contributed by atoms with Crippen LogP contribution in [0, 0.1) is 13.8 Å². The molecule has 0 aliphatic heterocycles. The Morgan fingerprint density at radius 2 is 1.21 bits per heavy atom. The summed E-state index contributed by atoms with van der Waals surface area (Å²) in [5.41, 5.74) is 2.26. The lowest BCUT2D eigenvalue weighted by Gasteiger charge is -2.21. The third kappa shape index (κ3) is 4.19.